The Morgan fingerprint density at radius 3 is 2.11 bits per heavy atom. The SMILES string of the molecule is Cc1cc(C)cc(CN2CCN(CCCN)CC2)c1. The van der Waals surface area contributed by atoms with Crippen LogP contribution in [0.3, 0.4) is 0 Å². The summed E-state index contributed by atoms with van der Waals surface area (Å²) in [5.41, 5.74) is 9.76. The molecule has 1 aromatic carbocycles. The molecule has 106 valence electrons. The highest BCUT2D eigenvalue weighted by Crippen LogP contribution is 2.13. The van der Waals surface area contributed by atoms with Crippen molar-refractivity contribution in [3.05, 3.63) is 34.9 Å². The van der Waals surface area contributed by atoms with Crippen molar-refractivity contribution in [2.45, 2.75) is 26.8 Å². The number of nitrogens with two attached hydrogens (primary N) is 1. The van der Waals surface area contributed by atoms with Crippen LogP contribution in [0, 0.1) is 13.8 Å². The van der Waals surface area contributed by atoms with Crippen molar-refractivity contribution in [3.8, 4) is 0 Å². The first-order chi connectivity index (χ1) is 9.17. The lowest BCUT2D eigenvalue weighted by molar-refractivity contribution is 0.126. The van der Waals surface area contributed by atoms with Crippen LogP contribution in [-0.4, -0.2) is 49.1 Å². The van der Waals surface area contributed by atoms with Gasteiger partial charge in [-0.15, -0.1) is 0 Å². The minimum atomic E-state index is 0.808. The van der Waals surface area contributed by atoms with Gasteiger partial charge in [-0.2, -0.15) is 0 Å². The fraction of sp³-hybridized carbons (Fsp3) is 0.625. The number of benzene rings is 1. The highest BCUT2D eigenvalue weighted by Gasteiger charge is 2.16. The molecule has 3 nitrogen and oxygen atoms in total. The third-order valence-electron chi connectivity index (χ3n) is 3.83. The number of piperazine rings is 1. The zero-order valence-electron chi connectivity index (χ0n) is 12.4. The van der Waals surface area contributed by atoms with Gasteiger partial charge >= 0.3 is 0 Å². The van der Waals surface area contributed by atoms with Crippen molar-refractivity contribution in [2.24, 2.45) is 5.73 Å². The van der Waals surface area contributed by atoms with E-state index >= 15 is 0 Å². The van der Waals surface area contributed by atoms with Gasteiger partial charge in [-0.3, -0.25) is 4.90 Å². The summed E-state index contributed by atoms with van der Waals surface area (Å²) < 4.78 is 0. The number of hydrogen-bond acceptors (Lipinski definition) is 3. The average molecular weight is 261 g/mol. The summed E-state index contributed by atoms with van der Waals surface area (Å²) in [6, 6.07) is 6.87. The van der Waals surface area contributed by atoms with Crippen LogP contribution in [0.5, 0.6) is 0 Å². The minimum absolute atomic E-state index is 0.808. The summed E-state index contributed by atoms with van der Waals surface area (Å²) in [5.74, 6) is 0. The van der Waals surface area contributed by atoms with Crippen LogP contribution >= 0.6 is 0 Å². The van der Waals surface area contributed by atoms with Crippen LogP contribution in [0.4, 0.5) is 0 Å². The second-order valence-electron chi connectivity index (χ2n) is 5.76. The predicted molar refractivity (Wildman–Crippen MR) is 81.3 cm³/mol. The van der Waals surface area contributed by atoms with Gasteiger partial charge in [0.25, 0.3) is 0 Å². The molecule has 1 fully saturated rings. The molecule has 0 amide bonds. The third-order valence-corrected chi connectivity index (χ3v) is 3.83. The van der Waals surface area contributed by atoms with Gasteiger partial charge in [-0.25, -0.2) is 0 Å². The largest absolute Gasteiger partial charge is 0.330 e. The summed E-state index contributed by atoms with van der Waals surface area (Å²) in [6.07, 6.45) is 1.12. The molecule has 0 aliphatic carbocycles. The van der Waals surface area contributed by atoms with E-state index < -0.39 is 0 Å². The Bertz CT molecular complexity index is 375. The summed E-state index contributed by atoms with van der Waals surface area (Å²) in [5, 5.41) is 0. The van der Waals surface area contributed by atoms with Crippen LogP contribution in [-0.2, 0) is 6.54 Å². The molecule has 0 radical (unpaired) electrons. The third kappa shape index (κ3) is 4.60. The first-order valence-corrected chi connectivity index (χ1v) is 7.39. The van der Waals surface area contributed by atoms with Crippen molar-refractivity contribution in [1.82, 2.24) is 9.80 Å². The van der Waals surface area contributed by atoms with E-state index in [2.05, 4.69) is 41.8 Å². The van der Waals surface area contributed by atoms with Crippen LogP contribution < -0.4 is 5.73 Å². The fourth-order valence-corrected chi connectivity index (χ4v) is 2.90. The number of aryl methyl sites for hydroxylation is 2. The van der Waals surface area contributed by atoms with Crippen molar-refractivity contribution < 1.29 is 0 Å². The number of rotatable bonds is 5. The molecule has 0 bridgehead atoms. The molecule has 0 aromatic heterocycles. The summed E-state index contributed by atoms with van der Waals surface area (Å²) >= 11 is 0. The molecule has 1 aliphatic rings. The standard InChI is InChI=1S/C16H27N3/c1-14-10-15(2)12-16(11-14)13-19-8-6-18(7-9-19)5-3-4-17/h10-12H,3-9,13,17H2,1-2H3. The summed E-state index contributed by atoms with van der Waals surface area (Å²) in [7, 11) is 0. The molecule has 0 spiro atoms. The van der Waals surface area contributed by atoms with Crippen molar-refractivity contribution in [3.63, 3.8) is 0 Å². The Morgan fingerprint density at radius 2 is 1.53 bits per heavy atom. The molecule has 2 N–H and O–H groups in total. The van der Waals surface area contributed by atoms with Crippen LogP contribution in [0.2, 0.25) is 0 Å². The van der Waals surface area contributed by atoms with Gasteiger partial charge in [0.15, 0.2) is 0 Å². The highest BCUT2D eigenvalue weighted by atomic mass is 15.3. The van der Waals surface area contributed by atoms with Gasteiger partial charge in [-0.1, -0.05) is 29.3 Å². The zero-order valence-corrected chi connectivity index (χ0v) is 12.4. The molecule has 19 heavy (non-hydrogen) atoms. The maximum atomic E-state index is 5.57. The summed E-state index contributed by atoms with van der Waals surface area (Å²) in [4.78, 5) is 5.10. The number of hydrogen-bond donors (Lipinski definition) is 1. The molecule has 2 rings (SSSR count). The van der Waals surface area contributed by atoms with Crippen LogP contribution in [0.25, 0.3) is 0 Å². The van der Waals surface area contributed by atoms with E-state index in [1.807, 2.05) is 0 Å². The monoisotopic (exact) mass is 261 g/mol. The fourth-order valence-electron chi connectivity index (χ4n) is 2.90. The Hall–Kier alpha value is -0.900. The molecule has 3 heteroatoms. The Balaban J connectivity index is 1.82. The van der Waals surface area contributed by atoms with Crippen LogP contribution in [0.1, 0.15) is 23.1 Å². The van der Waals surface area contributed by atoms with E-state index in [0.29, 0.717) is 0 Å². The minimum Gasteiger partial charge on any atom is -0.330 e. The maximum Gasteiger partial charge on any atom is 0.0235 e. The predicted octanol–water partition coefficient (Wildman–Crippen LogP) is 1.77. The van der Waals surface area contributed by atoms with E-state index in [1.165, 1.54) is 42.9 Å². The second kappa shape index (κ2) is 7.04. The molecular weight excluding hydrogens is 234 g/mol. The lowest BCUT2D eigenvalue weighted by atomic mass is 10.1. The van der Waals surface area contributed by atoms with Gasteiger partial charge in [-0.05, 0) is 38.9 Å². The second-order valence-corrected chi connectivity index (χ2v) is 5.76. The molecular formula is C16H27N3. The average Bonchev–Trinajstić information content (AvgIpc) is 2.37. The molecule has 0 atom stereocenters. The van der Waals surface area contributed by atoms with E-state index in [1.54, 1.807) is 0 Å². The molecule has 0 unspecified atom stereocenters. The van der Waals surface area contributed by atoms with E-state index in [9.17, 15) is 0 Å². The van der Waals surface area contributed by atoms with Gasteiger partial charge in [0.2, 0.25) is 0 Å². The quantitative estimate of drug-likeness (QED) is 0.877. The van der Waals surface area contributed by atoms with Crippen LogP contribution in [0.15, 0.2) is 18.2 Å². The lowest BCUT2D eigenvalue weighted by Gasteiger charge is -2.34. The first kappa shape index (κ1) is 14.5. The smallest absolute Gasteiger partial charge is 0.0235 e. The van der Waals surface area contributed by atoms with E-state index in [-0.39, 0.29) is 0 Å². The lowest BCUT2D eigenvalue weighted by Crippen LogP contribution is -2.46. The molecule has 0 saturated carbocycles. The van der Waals surface area contributed by atoms with Crippen molar-refractivity contribution in [1.29, 1.82) is 0 Å². The van der Waals surface area contributed by atoms with E-state index in [4.69, 9.17) is 5.73 Å². The molecule has 1 aliphatic heterocycles. The molecule has 1 aromatic rings. The normalized spacial score (nSPS) is 17.8. The zero-order chi connectivity index (χ0) is 13.7. The Kier molecular flexibility index (Phi) is 5.37. The van der Waals surface area contributed by atoms with Crippen molar-refractivity contribution in [2.75, 3.05) is 39.3 Å². The first-order valence-electron chi connectivity index (χ1n) is 7.39. The number of nitrogens with zero attached hydrogens (tertiary/aromatic N) is 2. The van der Waals surface area contributed by atoms with Gasteiger partial charge in [0, 0.05) is 32.7 Å². The molecule has 1 heterocycles. The van der Waals surface area contributed by atoms with E-state index in [0.717, 1.165) is 26.1 Å². The summed E-state index contributed by atoms with van der Waals surface area (Å²) in [6.45, 7) is 12.1. The Morgan fingerprint density at radius 1 is 0.947 bits per heavy atom. The molecule has 1 saturated heterocycles. The van der Waals surface area contributed by atoms with Gasteiger partial charge in [0.05, 0.1) is 0 Å². The Labute approximate surface area is 117 Å². The highest BCUT2D eigenvalue weighted by molar-refractivity contribution is 5.28. The maximum absolute atomic E-state index is 5.57. The van der Waals surface area contributed by atoms with Gasteiger partial charge < -0.3 is 10.6 Å². The topological polar surface area (TPSA) is 32.5 Å². The van der Waals surface area contributed by atoms with Crippen molar-refractivity contribution >= 4 is 0 Å². The van der Waals surface area contributed by atoms with Gasteiger partial charge in [0.1, 0.15) is 0 Å².